The highest BCUT2D eigenvalue weighted by Gasteiger charge is 2.24. The average Bonchev–Trinajstić information content (AvgIpc) is 2.80. The number of para-hydroxylation sites is 1. The number of nitrogens with zero attached hydrogens (tertiary/aromatic N) is 1. The van der Waals surface area contributed by atoms with Crippen LogP contribution in [0.2, 0.25) is 0 Å². The molecule has 1 aromatic heterocycles. The van der Waals surface area contributed by atoms with Gasteiger partial charge in [-0.1, -0.05) is 18.2 Å². The van der Waals surface area contributed by atoms with Crippen LogP contribution in [0.25, 0.3) is 22.0 Å². The number of aliphatic hydroxyl groups is 3. The molecule has 0 radical (unpaired) electrons. The molecular formula is C22H22N2O7. The summed E-state index contributed by atoms with van der Waals surface area (Å²) in [7, 11) is 2.68. The first-order chi connectivity index (χ1) is 14.9. The lowest BCUT2D eigenvalue weighted by molar-refractivity contribution is 0.0905. The number of aliphatic hydroxyl groups excluding tert-OH is 3. The Bertz CT molecular complexity index is 1230. The van der Waals surface area contributed by atoms with Gasteiger partial charge in [-0.3, -0.25) is 14.9 Å². The summed E-state index contributed by atoms with van der Waals surface area (Å²) < 4.78 is 5.90. The number of methoxy groups -OCH3 is 1. The Morgan fingerprint density at radius 3 is 2.23 bits per heavy atom. The molecule has 1 amide bonds. The Labute approximate surface area is 177 Å². The maximum absolute atomic E-state index is 13.2. The van der Waals surface area contributed by atoms with E-state index < -0.39 is 37.3 Å². The third-order valence-corrected chi connectivity index (χ3v) is 5.08. The molecule has 0 spiro atoms. The minimum absolute atomic E-state index is 0.0536. The zero-order valence-corrected chi connectivity index (χ0v) is 17.0. The summed E-state index contributed by atoms with van der Waals surface area (Å²) in [6.07, 6.45) is -0.733. The predicted octanol–water partition coefficient (Wildman–Crippen LogP) is 1.54. The van der Waals surface area contributed by atoms with Gasteiger partial charge in [0.1, 0.15) is 6.61 Å². The molecule has 2 aromatic carbocycles. The van der Waals surface area contributed by atoms with Gasteiger partial charge in [-0.2, -0.15) is 0 Å². The van der Waals surface area contributed by atoms with Crippen LogP contribution in [0.1, 0.15) is 21.5 Å². The van der Waals surface area contributed by atoms with Crippen LogP contribution in [-0.2, 0) is 25.0 Å². The van der Waals surface area contributed by atoms with E-state index in [4.69, 9.17) is 0 Å². The van der Waals surface area contributed by atoms with Crippen LogP contribution >= 0.6 is 0 Å². The first-order valence-corrected chi connectivity index (χ1v) is 9.36. The van der Waals surface area contributed by atoms with Crippen LogP contribution < -0.4 is 10.9 Å². The number of anilines is 1. The van der Waals surface area contributed by atoms with E-state index in [2.05, 4.69) is 10.1 Å². The van der Waals surface area contributed by atoms with Crippen LogP contribution in [0.15, 0.2) is 41.2 Å². The van der Waals surface area contributed by atoms with Gasteiger partial charge in [0.25, 0.3) is 5.56 Å². The Balaban J connectivity index is 2.48. The van der Waals surface area contributed by atoms with Crippen molar-refractivity contribution < 1.29 is 29.6 Å². The molecule has 0 unspecified atom stereocenters. The van der Waals surface area contributed by atoms with Gasteiger partial charge in [0, 0.05) is 23.4 Å². The Morgan fingerprint density at radius 1 is 1.03 bits per heavy atom. The fourth-order valence-electron chi connectivity index (χ4n) is 3.58. The average molecular weight is 426 g/mol. The van der Waals surface area contributed by atoms with Crippen molar-refractivity contribution in [3.8, 4) is 11.3 Å². The molecular weight excluding hydrogens is 404 g/mol. The molecule has 0 saturated carbocycles. The molecule has 4 N–H and O–H groups in total. The van der Waals surface area contributed by atoms with Gasteiger partial charge < -0.3 is 24.6 Å². The van der Waals surface area contributed by atoms with Gasteiger partial charge in [0.15, 0.2) is 5.78 Å². The molecule has 0 aliphatic carbocycles. The summed E-state index contributed by atoms with van der Waals surface area (Å²) in [5, 5.41) is 31.9. The quantitative estimate of drug-likeness (QED) is 0.439. The van der Waals surface area contributed by atoms with Crippen LogP contribution in [0.5, 0.6) is 0 Å². The summed E-state index contributed by atoms with van der Waals surface area (Å²) in [5.41, 5.74) is 1.15. The van der Waals surface area contributed by atoms with Crippen molar-refractivity contribution in [1.29, 1.82) is 0 Å². The molecule has 9 heteroatoms. The number of rotatable bonds is 6. The minimum atomic E-state index is -0.816. The molecule has 9 nitrogen and oxygen atoms in total. The number of benzene rings is 2. The number of nitrogens with one attached hydrogen (secondary N) is 1. The molecule has 0 bridgehead atoms. The van der Waals surface area contributed by atoms with E-state index in [1.165, 1.54) is 30.9 Å². The monoisotopic (exact) mass is 426 g/mol. The number of aromatic nitrogens is 1. The summed E-state index contributed by atoms with van der Waals surface area (Å²) in [5.74, 6) is -0.649. The van der Waals surface area contributed by atoms with Crippen molar-refractivity contribution in [3.63, 3.8) is 0 Å². The lowest BCUT2D eigenvalue weighted by atomic mass is 9.92. The van der Waals surface area contributed by atoms with E-state index in [-0.39, 0.29) is 22.0 Å². The van der Waals surface area contributed by atoms with Crippen molar-refractivity contribution >= 4 is 28.3 Å². The third kappa shape index (κ3) is 3.93. The number of fused-ring (bicyclic) bond motifs is 1. The topological polar surface area (TPSA) is 138 Å². The summed E-state index contributed by atoms with van der Waals surface area (Å²) in [6.45, 7) is -1.63. The number of hydrogen-bond acceptors (Lipinski definition) is 7. The standard InChI is InChI=1S/C22H22N2O7/c1-24-20(14-5-3-4-6-17(14)23-22(30)31-2)19(18(28)11-27)15-7-12(9-25)13(10-26)8-16(15)21(24)29/h3-8,25-27H,9-11H2,1-2H3,(H,23,30). The summed E-state index contributed by atoms with van der Waals surface area (Å²) in [6, 6.07) is 9.44. The van der Waals surface area contributed by atoms with Gasteiger partial charge in [0.05, 0.1) is 37.3 Å². The highest BCUT2D eigenvalue weighted by molar-refractivity contribution is 6.14. The number of carbonyl (C=O) groups is 2. The van der Waals surface area contributed by atoms with E-state index in [9.17, 15) is 29.7 Å². The van der Waals surface area contributed by atoms with Crippen molar-refractivity contribution in [2.45, 2.75) is 13.2 Å². The number of Topliss-reactive ketones (excluding diaryl/α,β-unsaturated/α-hetero) is 1. The number of carbonyl (C=O) groups excluding carboxylic acids is 2. The zero-order valence-electron chi connectivity index (χ0n) is 17.0. The largest absolute Gasteiger partial charge is 0.453 e. The lowest BCUT2D eigenvalue weighted by Gasteiger charge is -2.20. The second-order valence-electron chi connectivity index (χ2n) is 6.81. The van der Waals surface area contributed by atoms with Crippen molar-refractivity contribution in [3.05, 3.63) is 63.4 Å². The first-order valence-electron chi connectivity index (χ1n) is 9.36. The molecule has 0 atom stereocenters. The van der Waals surface area contributed by atoms with Crippen LogP contribution in [0.4, 0.5) is 10.5 Å². The molecule has 0 aliphatic rings. The van der Waals surface area contributed by atoms with Crippen molar-refractivity contribution in [1.82, 2.24) is 4.57 Å². The van der Waals surface area contributed by atoms with Gasteiger partial charge >= 0.3 is 6.09 Å². The Morgan fingerprint density at radius 2 is 1.65 bits per heavy atom. The molecule has 0 saturated heterocycles. The lowest BCUT2D eigenvalue weighted by Crippen LogP contribution is -2.24. The number of ether oxygens (including phenoxy) is 1. The maximum Gasteiger partial charge on any atom is 0.411 e. The fourth-order valence-corrected chi connectivity index (χ4v) is 3.58. The molecule has 1 heterocycles. The van der Waals surface area contributed by atoms with Gasteiger partial charge in [-0.15, -0.1) is 0 Å². The Kier molecular flexibility index (Phi) is 6.50. The highest BCUT2D eigenvalue weighted by atomic mass is 16.5. The Hall–Kier alpha value is -3.53. The zero-order chi connectivity index (χ0) is 22.7. The van der Waals surface area contributed by atoms with E-state index >= 15 is 0 Å². The normalized spacial score (nSPS) is 10.9. The number of pyridine rings is 1. The SMILES string of the molecule is COC(=O)Nc1ccccc1-c1c(C(=O)CO)c2cc(CO)c(CO)cc2c(=O)n1C. The van der Waals surface area contributed by atoms with Gasteiger partial charge in [-0.25, -0.2) is 4.79 Å². The van der Waals surface area contributed by atoms with E-state index in [0.717, 1.165) is 0 Å². The van der Waals surface area contributed by atoms with Crippen LogP contribution in [0.3, 0.4) is 0 Å². The minimum Gasteiger partial charge on any atom is -0.453 e. The number of amides is 1. The van der Waals surface area contributed by atoms with Crippen LogP contribution in [-0.4, -0.2) is 45.5 Å². The first kappa shape index (κ1) is 22.2. The van der Waals surface area contributed by atoms with E-state index in [0.29, 0.717) is 22.4 Å². The van der Waals surface area contributed by atoms with Gasteiger partial charge in [-0.05, 0) is 29.3 Å². The second kappa shape index (κ2) is 9.09. The van der Waals surface area contributed by atoms with E-state index in [1.807, 2.05) is 0 Å². The summed E-state index contributed by atoms with van der Waals surface area (Å²) >= 11 is 0. The third-order valence-electron chi connectivity index (χ3n) is 5.08. The van der Waals surface area contributed by atoms with Crippen molar-refractivity contribution in [2.24, 2.45) is 7.05 Å². The fraction of sp³-hybridized carbons (Fsp3) is 0.227. The molecule has 31 heavy (non-hydrogen) atoms. The number of ketones is 1. The van der Waals surface area contributed by atoms with Crippen molar-refractivity contribution in [2.75, 3.05) is 19.0 Å². The predicted molar refractivity (Wildman–Crippen MR) is 114 cm³/mol. The smallest absolute Gasteiger partial charge is 0.411 e. The number of hydrogen-bond donors (Lipinski definition) is 4. The van der Waals surface area contributed by atoms with Gasteiger partial charge in [0.2, 0.25) is 0 Å². The molecule has 3 rings (SSSR count). The van der Waals surface area contributed by atoms with E-state index in [1.54, 1.807) is 24.3 Å². The molecule has 3 aromatic rings. The maximum atomic E-state index is 13.2. The second-order valence-corrected chi connectivity index (χ2v) is 6.81. The molecule has 0 aliphatic heterocycles. The highest BCUT2D eigenvalue weighted by Crippen LogP contribution is 2.34. The molecule has 162 valence electrons. The molecule has 0 fully saturated rings. The van der Waals surface area contributed by atoms with Crippen LogP contribution in [0, 0.1) is 0 Å². The summed E-state index contributed by atoms with van der Waals surface area (Å²) in [4.78, 5) is 37.8.